The quantitative estimate of drug-likeness (QED) is 0.295. The van der Waals surface area contributed by atoms with E-state index in [0.717, 1.165) is 5.56 Å². The van der Waals surface area contributed by atoms with Crippen LogP contribution in [0.25, 0.3) is 5.76 Å². The number of hydrogen-bond donors (Lipinski definition) is 2. The van der Waals surface area contributed by atoms with Gasteiger partial charge in [0.15, 0.2) is 0 Å². The lowest BCUT2D eigenvalue weighted by Crippen LogP contribution is -2.29. The number of ketones is 1. The minimum Gasteiger partial charge on any atom is -0.507 e. The van der Waals surface area contributed by atoms with Gasteiger partial charge in [0.1, 0.15) is 11.5 Å². The van der Waals surface area contributed by atoms with Crippen molar-refractivity contribution in [3.8, 4) is 5.75 Å². The minimum atomic E-state index is -3.94. The molecule has 1 atom stereocenters. The number of ether oxygens (including phenoxy) is 1. The molecule has 1 aliphatic rings. The Balaban J connectivity index is 1.87. The molecule has 3 aromatic rings. The Kier molecular flexibility index (Phi) is 6.71. The number of carbonyl (C=O) groups is 2. The molecule has 3 aromatic carbocycles. The molecule has 0 bridgehead atoms. The van der Waals surface area contributed by atoms with Gasteiger partial charge in [0.2, 0.25) is 10.0 Å². The van der Waals surface area contributed by atoms with Crippen LogP contribution in [0.4, 0.5) is 5.69 Å². The van der Waals surface area contributed by atoms with Crippen molar-refractivity contribution < 1.29 is 27.9 Å². The summed E-state index contributed by atoms with van der Waals surface area (Å²) in [6.07, 6.45) is -0.0350. The summed E-state index contributed by atoms with van der Waals surface area (Å²) in [5.41, 5.74) is 1.95. The Morgan fingerprint density at radius 2 is 1.64 bits per heavy atom. The molecule has 1 amide bonds. The number of aliphatic hydroxyl groups is 1. The lowest BCUT2D eigenvalue weighted by molar-refractivity contribution is -0.132. The van der Waals surface area contributed by atoms with Crippen molar-refractivity contribution in [2.75, 3.05) is 4.90 Å². The summed E-state index contributed by atoms with van der Waals surface area (Å²) in [5.74, 6) is -1.36. The number of Topliss-reactive ketones (excluding diaryl/α,β-unsaturated/α-hetero) is 1. The molecule has 1 aliphatic heterocycles. The number of anilines is 1. The largest absolute Gasteiger partial charge is 0.507 e. The average Bonchev–Trinajstić information content (AvgIpc) is 3.10. The highest BCUT2D eigenvalue weighted by Gasteiger charge is 2.47. The smallest absolute Gasteiger partial charge is 0.300 e. The predicted octanol–water partition coefficient (Wildman–Crippen LogP) is 4.06. The number of sulfonamides is 1. The van der Waals surface area contributed by atoms with Crippen LogP contribution in [-0.4, -0.2) is 31.3 Å². The van der Waals surface area contributed by atoms with Gasteiger partial charge >= 0.3 is 0 Å². The topological polar surface area (TPSA) is 127 Å². The van der Waals surface area contributed by atoms with Crippen LogP contribution in [0.1, 0.15) is 36.6 Å². The van der Waals surface area contributed by atoms with Gasteiger partial charge in [0, 0.05) is 11.3 Å². The normalized spacial score (nSPS) is 17.6. The van der Waals surface area contributed by atoms with Gasteiger partial charge in [0.05, 0.1) is 22.6 Å². The van der Waals surface area contributed by atoms with Crippen LogP contribution in [0, 0.1) is 6.92 Å². The molecular weight excluding hydrogens is 480 g/mol. The molecule has 1 fully saturated rings. The Morgan fingerprint density at radius 3 is 2.19 bits per heavy atom. The lowest BCUT2D eigenvalue weighted by Gasteiger charge is -2.25. The third-order valence-corrected chi connectivity index (χ3v) is 6.74. The van der Waals surface area contributed by atoms with Gasteiger partial charge in [-0.1, -0.05) is 30.3 Å². The zero-order valence-corrected chi connectivity index (χ0v) is 20.8. The molecule has 4 rings (SSSR count). The van der Waals surface area contributed by atoms with Crippen molar-refractivity contribution in [3.05, 3.63) is 95.1 Å². The van der Waals surface area contributed by atoms with Gasteiger partial charge in [-0.05, 0) is 74.4 Å². The number of benzene rings is 3. The van der Waals surface area contributed by atoms with Crippen molar-refractivity contribution in [2.45, 2.75) is 37.8 Å². The first-order valence-electron chi connectivity index (χ1n) is 11.3. The highest BCUT2D eigenvalue weighted by Crippen LogP contribution is 2.42. The Hall–Kier alpha value is -3.95. The van der Waals surface area contributed by atoms with Crippen molar-refractivity contribution in [1.82, 2.24) is 0 Å². The van der Waals surface area contributed by atoms with Crippen LogP contribution in [0.3, 0.4) is 0 Å². The molecule has 36 heavy (non-hydrogen) atoms. The summed E-state index contributed by atoms with van der Waals surface area (Å²) in [7, 11) is -3.94. The standard InChI is InChI=1S/C27H26N2O6S/c1-16(2)35-22-14-9-19(15-17(22)3)25(30)23-24(18-7-5-4-6-8-18)29(27(32)26(23)31)20-10-12-21(13-11-20)36(28,33)34/h4-16,24,30H,1-3H3,(H2,28,33,34)/b25-23+. The number of aryl methyl sites for hydroxylation is 1. The van der Waals surface area contributed by atoms with E-state index >= 15 is 0 Å². The van der Waals surface area contributed by atoms with Gasteiger partial charge in [-0.25, -0.2) is 13.6 Å². The second kappa shape index (κ2) is 9.60. The lowest BCUT2D eigenvalue weighted by atomic mass is 9.94. The first kappa shape index (κ1) is 25.2. The molecule has 0 radical (unpaired) electrons. The predicted molar refractivity (Wildman–Crippen MR) is 136 cm³/mol. The number of rotatable bonds is 6. The van der Waals surface area contributed by atoms with Gasteiger partial charge in [-0.3, -0.25) is 14.5 Å². The van der Waals surface area contributed by atoms with E-state index < -0.39 is 27.8 Å². The zero-order chi connectivity index (χ0) is 26.2. The average molecular weight is 507 g/mol. The molecule has 0 saturated carbocycles. The van der Waals surface area contributed by atoms with Crippen molar-refractivity contribution in [1.29, 1.82) is 0 Å². The summed E-state index contributed by atoms with van der Waals surface area (Å²) < 4.78 is 29.1. The second-order valence-electron chi connectivity index (χ2n) is 8.77. The third-order valence-electron chi connectivity index (χ3n) is 5.81. The number of nitrogens with zero attached hydrogens (tertiary/aromatic N) is 1. The Bertz CT molecular complexity index is 1460. The summed E-state index contributed by atoms with van der Waals surface area (Å²) in [6.45, 7) is 5.64. The van der Waals surface area contributed by atoms with E-state index in [1.807, 2.05) is 20.8 Å². The van der Waals surface area contributed by atoms with E-state index in [1.165, 1.54) is 29.2 Å². The van der Waals surface area contributed by atoms with Crippen LogP contribution in [-0.2, 0) is 19.6 Å². The maximum Gasteiger partial charge on any atom is 0.300 e. The van der Waals surface area contributed by atoms with Crippen LogP contribution in [0.2, 0.25) is 0 Å². The number of carbonyl (C=O) groups excluding carboxylic acids is 2. The van der Waals surface area contributed by atoms with Crippen molar-refractivity contribution >= 4 is 33.2 Å². The molecule has 0 spiro atoms. The fourth-order valence-electron chi connectivity index (χ4n) is 4.18. The molecule has 0 aliphatic carbocycles. The summed E-state index contributed by atoms with van der Waals surface area (Å²) in [4.78, 5) is 27.6. The second-order valence-corrected chi connectivity index (χ2v) is 10.3. The van der Waals surface area contributed by atoms with E-state index in [2.05, 4.69) is 0 Å². The first-order chi connectivity index (χ1) is 17.0. The fraction of sp³-hybridized carbons (Fsp3) is 0.185. The molecule has 8 nitrogen and oxygen atoms in total. The van der Waals surface area contributed by atoms with Crippen LogP contribution >= 0.6 is 0 Å². The number of aliphatic hydroxyl groups excluding tert-OH is 1. The number of hydrogen-bond acceptors (Lipinski definition) is 6. The van der Waals surface area contributed by atoms with E-state index in [1.54, 1.807) is 48.5 Å². The number of nitrogens with two attached hydrogens (primary N) is 1. The van der Waals surface area contributed by atoms with E-state index in [-0.39, 0.29) is 28.0 Å². The number of primary sulfonamides is 1. The SMILES string of the molecule is Cc1cc(/C(O)=C2\C(=O)C(=O)N(c3ccc(S(N)(=O)=O)cc3)C2c2ccccc2)ccc1OC(C)C. The maximum atomic E-state index is 13.3. The monoisotopic (exact) mass is 506 g/mol. The highest BCUT2D eigenvalue weighted by molar-refractivity contribution is 7.89. The Morgan fingerprint density at radius 1 is 1.00 bits per heavy atom. The van der Waals surface area contributed by atoms with Gasteiger partial charge < -0.3 is 9.84 Å². The van der Waals surface area contributed by atoms with E-state index in [0.29, 0.717) is 16.9 Å². The van der Waals surface area contributed by atoms with Crippen LogP contribution < -0.4 is 14.8 Å². The minimum absolute atomic E-state index is 0.0350. The molecule has 1 heterocycles. The molecule has 186 valence electrons. The number of amides is 1. The van der Waals surface area contributed by atoms with E-state index in [4.69, 9.17) is 9.88 Å². The molecule has 3 N–H and O–H groups in total. The van der Waals surface area contributed by atoms with Crippen molar-refractivity contribution in [3.63, 3.8) is 0 Å². The first-order valence-corrected chi connectivity index (χ1v) is 12.8. The third kappa shape index (κ3) is 4.75. The van der Waals surface area contributed by atoms with Gasteiger partial charge in [-0.15, -0.1) is 0 Å². The van der Waals surface area contributed by atoms with E-state index in [9.17, 15) is 23.1 Å². The van der Waals surface area contributed by atoms with Crippen molar-refractivity contribution in [2.24, 2.45) is 5.14 Å². The van der Waals surface area contributed by atoms with Crippen LogP contribution in [0.5, 0.6) is 5.75 Å². The van der Waals surface area contributed by atoms with Gasteiger partial charge in [-0.2, -0.15) is 0 Å². The van der Waals surface area contributed by atoms with Crippen LogP contribution in [0.15, 0.2) is 83.3 Å². The summed E-state index contributed by atoms with van der Waals surface area (Å²) in [5, 5.41) is 16.5. The maximum absolute atomic E-state index is 13.3. The molecule has 1 saturated heterocycles. The summed E-state index contributed by atoms with van der Waals surface area (Å²) in [6, 6.07) is 18.3. The fourth-order valence-corrected chi connectivity index (χ4v) is 4.70. The Labute approximate surface area is 209 Å². The molecule has 9 heteroatoms. The zero-order valence-electron chi connectivity index (χ0n) is 20.0. The molecule has 1 unspecified atom stereocenters. The molecular formula is C27H26N2O6S. The summed E-state index contributed by atoms with van der Waals surface area (Å²) >= 11 is 0. The molecule has 0 aromatic heterocycles. The highest BCUT2D eigenvalue weighted by atomic mass is 32.2. The van der Waals surface area contributed by atoms with Gasteiger partial charge in [0.25, 0.3) is 11.7 Å².